The lowest BCUT2D eigenvalue weighted by molar-refractivity contribution is 0.0786. The Hall–Kier alpha value is -2.29. The summed E-state index contributed by atoms with van der Waals surface area (Å²) >= 11 is 0. The van der Waals surface area contributed by atoms with Gasteiger partial charge in [0.2, 0.25) is 5.78 Å². The number of nitrogens with two attached hydrogens (primary N) is 1. The second-order valence-corrected chi connectivity index (χ2v) is 5.73. The molecule has 0 aliphatic rings. The summed E-state index contributed by atoms with van der Waals surface area (Å²) in [4.78, 5) is 12.6. The third-order valence-corrected chi connectivity index (χ3v) is 3.66. The minimum Gasteiger partial charge on any atom is -0.482 e. The quantitative estimate of drug-likeness (QED) is 0.634. The van der Waals surface area contributed by atoms with Crippen LogP contribution in [0.1, 0.15) is 49.0 Å². The Morgan fingerprint density at radius 3 is 2.36 bits per heavy atom. The molecule has 2 rings (SSSR count). The molecule has 0 heterocycles. The van der Waals surface area contributed by atoms with Crippen LogP contribution in [0.4, 0.5) is 5.69 Å². The van der Waals surface area contributed by atoms with Crippen molar-refractivity contribution < 1.29 is 9.53 Å². The standard InChI is InChI=1S/C19H23NO2/c1-4-18(22-17-7-5-6-16(20)12-17)19(21)15-10-8-14(9-11-15)13(2)3/h5-13,18H,4,20H2,1-3H3. The summed E-state index contributed by atoms with van der Waals surface area (Å²) < 4.78 is 5.81. The first-order valence-corrected chi connectivity index (χ1v) is 7.67. The minimum atomic E-state index is -0.494. The van der Waals surface area contributed by atoms with Crippen LogP contribution >= 0.6 is 0 Å². The number of benzene rings is 2. The minimum absolute atomic E-state index is 0.000214. The fourth-order valence-electron chi connectivity index (χ4n) is 2.29. The van der Waals surface area contributed by atoms with E-state index in [1.165, 1.54) is 5.56 Å². The predicted molar refractivity (Wildman–Crippen MR) is 90.4 cm³/mol. The molecule has 0 aromatic heterocycles. The van der Waals surface area contributed by atoms with Crippen molar-refractivity contribution >= 4 is 11.5 Å². The van der Waals surface area contributed by atoms with Crippen LogP contribution in [0.5, 0.6) is 5.75 Å². The summed E-state index contributed by atoms with van der Waals surface area (Å²) in [6, 6.07) is 14.9. The molecule has 0 amide bonds. The molecular weight excluding hydrogens is 274 g/mol. The Labute approximate surface area is 132 Å². The number of Topliss-reactive ketones (excluding diaryl/α,β-unsaturated/α-hetero) is 1. The van der Waals surface area contributed by atoms with Gasteiger partial charge in [-0.3, -0.25) is 4.79 Å². The molecule has 116 valence electrons. The summed E-state index contributed by atoms with van der Waals surface area (Å²) in [7, 11) is 0. The summed E-state index contributed by atoms with van der Waals surface area (Å²) in [5.74, 6) is 1.08. The molecule has 0 saturated heterocycles. The first-order valence-electron chi connectivity index (χ1n) is 7.67. The number of hydrogen-bond donors (Lipinski definition) is 1. The van der Waals surface area contributed by atoms with Crippen molar-refractivity contribution in [2.45, 2.75) is 39.2 Å². The van der Waals surface area contributed by atoms with E-state index in [0.29, 0.717) is 29.3 Å². The van der Waals surface area contributed by atoms with Crippen LogP contribution in [0.3, 0.4) is 0 Å². The number of rotatable bonds is 6. The van der Waals surface area contributed by atoms with Crippen LogP contribution in [0, 0.1) is 0 Å². The van der Waals surface area contributed by atoms with Gasteiger partial charge in [0.15, 0.2) is 6.10 Å². The highest BCUT2D eigenvalue weighted by atomic mass is 16.5. The maximum Gasteiger partial charge on any atom is 0.203 e. The topological polar surface area (TPSA) is 52.3 Å². The van der Waals surface area contributed by atoms with Gasteiger partial charge in [-0.1, -0.05) is 51.1 Å². The Morgan fingerprint density at radius 2 is 1.82 bits per heavy atom. The number of anilines is 1. The third-order valence-electron chi connectivity index (χ3n) is 3.66. The predicted octanol–water partition coefficient (Wildman–Crippen LogP) is 4.43. The highest BCUT2D eigenvalue weighted by Crippen LogP contribution is 2.20. The van der Waals surface area contributed by atoms with E-state index < -0.39 is 6.10 Å². The van der Waals surface area contributed by atoms with Gasteiger partial charge in [0.1, 0.15) is 5.75 Å². The smallest absolute Gasteiger partial charge is 0.203 e. The van der Waals surface area contributed by atoms with Crippen LogP contribution < -0.4 is 10.5 Å². The Bertz CT molecular complexity index is 632. The maximum atomic E-state index is 12.6. The second kappa shape index (κ2) is 7.12. The normalized spacial score (nSPS) is 12.2. The average molecular weight is 297 g/mol. The molecular formula is C19H23NO2. The van der Waals surface area contributed by atoms with Crippen molar-refractivity contribution in [1.29, 1.82) is 0 Å². The largest absolute Gasteiger partial charge is 0.482 e. The van der Waals surface area contributed by atoms with Gasteiger partial charge in [-0.25, -0.2) is 0 Å². The van der Waals surface area contributed by atoms with Crippen molar-refractivity contribution in [2.24, 2.45) is 0 Å². The molecule has 2 aromatic carbocycles. The van der Waals surface area contributed by atoms with Gasteiger partial charge in [-0.2, -0.15) is 0 Å². The fraction of sp³-hybridized carbons (Fsp3) is 0.316. The van der Waals surface area contributed by atoms with E-state index in [4.69, 9.17) is 10.5 Å². The molecule has 2 N–H and O–H groups in total. The molecule has 0 bridgehead atoms. The number of carbonyl (C=O) groups is 1. The zero-order valence-corrected chi connectivity index (χ0v) is 13.4. The SMILES string of the molecule is CCC(Oc1cccc(N)c1)C(=O)c1ccc(C(C)C)cc1. The zero-order chi connectivity index (χ0) is 16.1. The Morgan fingerprint density at radius 1 is 1.14 bits per heavy atom. The highest BCUT2D eigenvalue weighted by molar-refractivity contribution is 5.99. The fourth-order valence-corrected chi connectivity index (χ4v) is 2.29. The van der Waals surface area contributed by atoms with Crippen LogP contribution in [0.15, 0.2) is 48.5 Å². The molecule has 1 unspecified atom stereocenters. The molecule has 0 saturated carbocycles. The number of nitrogen functional groups attached to an aromatic ring is 1. The number of hydrogen-bond acceptors (Lipinski definition) is 3. The molecule has 3 nitrogen and oxygen atoms in total. The summed E-state index contributed by atoms with van der Waals surface area (Å²) in [6.07, 6.45) is 0.117. The molecule has 0 aliphatic carbocycles. The van der Waals surface area contributed by atoms with E-state index in [-0.39, 0.29) is 5.78 Å². The molecule has 1 atom stereocenters. The van der Waals surface area contributed by atoms with Crippen molar-refractivity contribution in [3.63, 3.8) is 0 Å². The molecule has 3 heteroatoms. The van der Waals surface area contributed by atoms with Crippen LogP contribution in [0.2, 0.25) is 0 Å². The van der Waals surface area contributed by atoms with Crippen molar-refractivity contribution in [2.75, 3.05) is 5.73 Å². The Kier molecular flexibility index (Phi) is 5.21. The summed E-state index contributed by atoms with van der Waals surface area (Å²) in [6.45, 7) is 6.21. The summed E-state index contributed by atoms with van der Waals surface area (Å²) in [5, 5.41) is 0. The van der Waals surface area contributed by atoms with Crippen molar-refractivity contribution in [3.8, 4) is 5.75 Å². The number of ether oxygens (including phenoxy) is 1. The van der Waals surface area contributed by atoms with Crippen LogP contribution in [0.25, 0.3) is 0 Å². The maximum absolute atomic E-state index is 12.6. The lowest BCUT2D eigenvalue weighted by Gasteiger charge is -2.17. The molecule has 2 aromatic rings. The van der Waals surface area contributed by atoms with Gasteiger partial charge in [-0.05, 0) is 30.0 Å². The van der Waals surface area contributed by atoms with E-state index in [2.05, 4.69) is 13.8 Å². The van der Waals surface area contributed by atoms with Crippen LogP contribution in [-0.4, -0.2) is 11.9 Å². The second-order valence-electron chi connectivity index (χ2n) is 5.73. The van der Waals surface area contributed by atoms with E-state index in [1.807, 2.05) is 43.3 Å². The van der Waals surface area contributed by atoms with Gasteiger partial charge in [0.25, 0.3) is 0 Å². The van der Waals surface area contributed by atoms with Gasteiger partial charge in [0, 0.05) is 17.3 Å². The third kappa shape index (κ3) is 3.88. The van der Waals surface area contributed by atoms with Crippen molar-refractivity contribution in [3.05, 3.63) is 59.7 Å². The van der Waals surface area contributed by atoms with E-state index in [9.17, 15) is 4.79 Å². The van der Waals surface area contributed by atoms with Gasteiger partial charge in [0.05, 0.1) is 0 Å². The monoisotopic (exact) mass is 297 g/mol. The summed E-state index contributed by atoms with van der Waals surface area (Å²) in [5.41, 5.74) is 8.27. The first kappa shape index (κ1) is 16.1. The van der Waals surface area contributed by atoms with E-state index >= 15 is 0 Å². The molecule has 0 aliphatic heterocycles. The number of carbonyl (C=O) groups excluding carboxylic acids is 1. The van der Waals surface area contributed by atoms with Crippen molar-refractivity contribution in [1.82, 2.24) is 0 Å². The Balaban J connectivity index is 2.14. The highest BCUT2D eigenvalue weighted by Gasteiger charge is 2.20. The van der Waals surface area contributed by atoms with E-state index in [1.54, 1.807) is 12.1 Å². The van der Waals surface area contributed by atoms with E-state index in [0.717, 1.165) is 0 Å². The molecule has 0 spiro atoms. The van der Waals surface area contributed by atoms with Gasteiger partial charge >= 0.3 is 0 Å². The average Bonchev–Trinajstić information content (AvgIpc) is 2.52. The number of ketones is 1. The lowest BCUT2D eigenvalue weighted by atomic mass is 9.98. The molecule has 0 fully saturated rings. The van der Waals surface area contributed by atoms with Gasteiger partial charge < -0.3 is 10.5 Å². The van der Waals surface area contributed by atoms with Gasteiger partial charge in [-0.15, -0.1) is 0 Å². The zero-order valence-electron chi connectivity index (χ0n) is 13.4. The lowest BCUT2D eigenvalue weighted by Crippen LogP contribution is -2.26. The van der Waals surface area contributed by atoms with Crippen LogP contribution in [-0.2, 0) is 0 Å². The first-order chi connectivity index (χ1) is 10.5. The molecule has 22 heavy (non-hydrogen) atoms. The molecule has 0 radical (unpaired) electrons.